The summed E-state index contributed by atoms with van der Waals surface area (Å²) in [5, 5.41) is 1.99. The van der Waals surface area contributed by atoms with E-state index in [1.807, 2.05) is 41.8 Å². The third-order valence-electron chi connectivity index (χ3n) is 4.76. The van der Waals surface area contributed by atoms with Gasteiger partial charge in [-0.15, -0.1) is 0 Å². The molecule has 0 saturated carbocycles. The molecule has 0 radical (unpaired) electrons. The topological polar surface area (TPSA) is 59.0 Å². The molecule has 5 nitrogen and oxygen atoms in total. The number of carbonyl (C=O) groups excluding carboxylic acids is 1. The second-order valence-electron chi connectivity index (χ2n) is 6.86. The fourth-order valence-electron chi connectivity index (χ4n) is 3.22. The molecule has 0 aliphatic rings. The van der Waals surface area contributed by atoms with E-state index >= 15 is 0 Å². The van der Waals surface area contributed by atoms with Gasteiger partial charge in [0.1, 0.15) is 5.82 Å². The predicted octanol–water partition coefficient (Wildman–Crippen LogP) is 7.22. The highest BCUT2D eigenvalue weighted by Gasteiger charge is 2.23. The SMILES string of the molecule is Cc1c(C(=O)NNc2ccc(Cl)cc2Cl)nc(-c2ccccc2Cl)n1-c1ccc(Cl)cc1. The maximum atomic E-state index is 13.0. The Bertz CT molecular complexity index is 1300. The van der Waals surface area contributed by atoms with Crippen molar-refractivity contribution in [1.82, 2.24) is 15.0 Å². The van der Waals surface area contributed by atoms with E-state index in [9.17, 15) is 4.79 Å². The van der Waals surface area contributed by atoms with Gasteiger partial charge in [0, 0.05) is 21.3 Å². The Morgan fingerprint density at radius 2 is 1.56 bits per heavy atom. The van der Waals surface area contributed by atoms with E-state index in [1.165, 1.54) is 0 Å². The van der Waals surface area contributed by atoms with Crippen molar-refractivity contribution in [3.8, 4) is 17.1 Å². The molecule has 0 aliphatic carbocycles. The lowest BCUT2D eigenvalue weighted by Gasteiger charge is -2.12. The van der Waals surface area contributed by atoms with Crippen molar-refractivity contribution >= 4 is 58.0 Å². The number of hydrazine groups is 1. The van der Waals surface area contributed by atoms with E-state index < -0.39 is 5.91 Å². The highest BCUT2D eigenvalue weighted by Crippen LogP contribution is 2.32. The van der Waals surface area contributed by atoms with Crippen molar-refractivity contribution in [2.75, 3.05) is 5.43 Å². The third kappa shape index (κ3) is 4.57. The zero-order valence-corrected chi connectivity index (χ0v) is 19.7. The van der Waals surface area contributed by atoms with Crippen molar-refractivity contribution in [2.45, 2.75) is 6.92 Å². The van der Waals surface area contributed by atoms with E-state index in [4.69, 9.17) is 46.4 Å². The molecule has 4 aromatic rings. The summed E-state index contributed by atoms with van der Waals surface area (Å²) in [5.41, 5.74) is 8.30. The monoisotopic (exact) mass is 504 g/mol. The maximum Gasteiger partial charge on any atom is 0.290 e. The van der Waals surface area contributed by atoms with Crippen LogP contribution in [-0.2, 0) is 0 Å². The lowest BCUT2D eigenvalue weighted by molar-refractivity contribution is 0.0957. The number of hydrogen-bond donors (Lipinski definition) is 2. The Labute approximate surface area is 204 Å². The van der Waals surface area contributed by atoms with E-state index in [2.05, 4.69) is 15.8 Å². The number of carbonyl (C=O) groups is 1. The molecule has 0 spiro atoms. The van der Waals surface area contributed by atoms with Crippen LogP contribution in [0.25, 0.3) is 17.1 Å². The number of aromatic nitrogens is 2. The van der Waals surface area contributed by atoms with Crippen LogP contribution in [0.15, 0.2) is 66.7 Å². The van der Waals surface area contributed by atoms with E-state index in [1.54, 1.807) is 36.4 Å². The summed E-state index contributed by atoms with van der Waals surface area (Å²) in [6, 6.07) is 19.5. The van der Waals surface area contributed by atoms with Crippen LogP contribution in [-0.4, -0.2) is 15.5 Å². The Kier molecular flexibility index (Phi) is 6.63. The molecular weight excluding hydrogens is 490 g/mol. The summed E-state index contributed by atoms with van der Waals surface area (Å²) in [6.07, 6.45) is 0. The molecule has 0 unspecified atom stereocenters. The van der Waals surface area contributed by atoms with Gasteiger partial charge in [-0.3, -0.25) is 20.2 Å². The number of halogens is 4. The molecule has 4 rings (SSSR count). The number of imidazole rings is 1. The summed E-state index contributed by atoms with van der Waals surface area (Å²) in [5.74, 6) is 0.0969. The Hall–Kier alpha value is -2.70. The molecule has 3 aromatic carbocycles. The summed E-state index contributed by atoms with van der Waals surface area (Å²) in [6.45, 7) is 1.81. The number of amides is 1. The summed E-state index contributed by atoms with van der Waals surface area (Å²) < 4.78 is 1.86. The molecule has 1 heterocycles. The lowest BCUT2D eigenvalue weighted by Crippen LogP contribution is -2.30. The molecule has 0 atom stereocenters. The average molecular weight is 506 g/mol. The van der Waals surface area contributed by atoms with Crippen LogP contribution in [0.1, 0.15) is 16.2 Å². The molecule has 0 bridgehead atoms. The fraction of sp³-hybridized carbons (Fsp3) is 0.0435. The number of hydrogen-bond acceptors (Lipinski definition) is 3. The van der Waals surface area contributed by atoms with Crippen molar-refractivity contribution in [1.29, 1.82) is 0 Å². The standard InChI is InChI=1S/C23H16Cl4N4O/c1-13-21(23(32)30-29-20-11-8-15(25)12-19(20)27)28-22(17-4-2-3-5-18(17)26)31(13)16-9-6-14(24)7-10-16/h2-12,29H,1H3,(H,30,32). The summed E-state index contributed by atoms with van der Waals surface area (Å²) in [7, 11) is 0. The number of nitrogens with one attached hydrogen (secondary N) is 2. The van der Waals surface area contributed by atoms with Crippen molar-refractivity contribution < 1.29 is 4.79 Å². The normalized spacial score (nSPS) is 10.8. The second kappa shape index (κ2) is 9.43. The van der Waals surface area contributed by atoms with Gasteiger partial charge in [0.15, 0.2) is 5.69 Å². The van der Waals surface area contributed by atoms with E-state index in [0.717, 1.165) is 5.69 Å². The summed E-state index contributed by atoms with van der Waals surface area (Å²) in [4.78, 5) is 17.6. The molecule has 2 N–H and O–H groups in total. The van der Waals surface area contributed by atoms with E-state index in [0.29, 0.717) is 42.9 Å². The maximum absolute atomic E-state index is 13.0. The molecule has 9 heteroatoms. The minimum atomic E-state index is -0.436. The zero-order valence-electron chi connectivity index (χ0n) is 16.7. The van der Waals surface area contributed by atoms with Gasteiger partial charge in [-0.25, -0.2) is 4.98 Å². The largest absolute Gasteiger partial charge is 0.297 e. The summed E-state index contributed by atoms with van der Waals surface area (Å²) >= 11 is 24.6. The predicted molar refractivity (Wildman–Crippen MR) is 131 cm³/mol. The van der Waals surface area contributed by atoms with Crippen LogP contribution >= 0.6 is 46.4 Å². The number of nitrogens with zero attached hydrogens (tertiary/aromatic N) is 2. The van der Waals surface area contributed by atoms with Gasteiger partial charge >= 0.3 is 0 Å². The Morgan fingerprint density at radius 3 is 2.25 bits per heavy atom. The molecule has 1 aromatic heterocycles. The molecule has 32 heavy (non-hydrogen) atoms. The van der Waals surface area contributed by atoms with Crippen molar-refractivity contribution in [3.63, 3.8) is 0 Å². The molecule has 0 aliphatic heterocycles. The van der Waals surface area contributed by atoms with Gasteiger partial charge < -0.3 is 0 Å². The van der Waals surface area contributed by atoms with Crippen molar-refractivity contribution in [3.05, 3.63) is 98.2 Å². The molecule has 0 fully saturated rings. The molecule has 1 amide bonds. The third-order valence-corrected chi connectivity index (χ3v) is 5.89. The first-order valence-corrected chi connectivity index (χ1v) is 11.0. The fourth-order valence-corrected chi connectivity index (χ4v) is 4.02. The smallest absolute Gasteiger partial charge is 0.290 e. The zero-order chi connectivity index (χ0) is 22.8. The van der Waals surface area contributed by atoms with Gasteiger partial charge in [-0.2, -0.15) is 0 Å². The highest BCUT2D eigenvalue weighted by atomic mass is 35.5. The number of benzene rings is 3. The quantitative estimate of drug-likeness (QED) is 0.281. The minimum Gasteiger partial charge on any atom is -0.297 e. The average Bonchev–Trinajstić information content (AvgIpc) is 3.11. The Morgan fingerprint density at radius 1 is 0.875 bits per heavy atom. The van der Waals surface area contributed by atoms with Crippen LogP contribution in [0.2, 0.25) is 20.1 Å². The van der Waals surface area contributed by atoms with Crippen LogP contribution in [0.4, 0.5) is 5.69 Å². The van der Waals surface area contributed by atoms with Crippen LogP contribution < -0.4 is 10.9 Å². The van der Waals surface area contributed by atoms with Gasteiger partial charge in [0.05, 0.1) is 21.4 Å². The van der Waals surface area contributed by atoms with Crippen molar-refractivity contribution in [2.24, 2.45) is 0 Å². The van der Waals surface area contributed by atoms with E-state index in [-0.39, 0.29) is 5.69 Å². The van der Waals surface area contributed by atoms with Gasteiger partial charge in [-0.1, -0.05) is 58.5 Å². The molecule has 0 saturated heterocycles. The Balaban J connectivity index is 1.74. The highest BCUT2D eigenvalue weighted by molar-refractivity contribution is 6.36. The van der Waals surface area contributed by atoms with Crippen LogP contribution in [0, 0.1) is 6.92 Å². The van der Waals surface area contributed by atoms with Gasteiger partial charge in [0.2, 0.25) is 0 Å². The van der Waals surface area contributed by atoms with Crippen LogP contribution in [0.3, 0.4) is 0 Å². The first kappa shape index (κ1) is 22.5. The lowest BCUT2D eigenvalue weighted by atomic mass is 10.2. The molecule has 162 valence electrons. The number of rotatable bonds is 5. The minimum absolute atomic E-state index is 0.229. The van der Waals surface area contributed by atoms with Gasteiger partial charge in [0.25, 0.3) is 5.91 Å². The second-order valence-corrected chi connectivity index (χ2v) is 8.55. The van der Waals surface area contributed by atoms with Gasteiger partial charge in [-0.05, 0) is 61.5 Å². The first-order chi connectivity index (χ1) is 15.3. The number of anilines is 1. The van der Waals surface area contributed by atoms with Crippen LogP contribution in [0.5, 0.6) is 0 Å². The first-order valence-electron chi connectivity index (χ1n) is 9.46. The molecular formula is C23H16Cl4N4O.